The van der Waals surface area contributed by atoms with Crippen molar-refractivity contribution >= 4 is 27.7 Å². The van der Waals surface area contributed by atoms with E-state index >= 15 is 0 Å². The van der Waals surface area contributed by atoms with Crippen LogP contribution in [0.4, 0.5) is 0 Å². The third kappa shape index (κ3) is 2.84. The van der Waals surface area contributed by atoms with Crippen molar-refractivity contribution in [1.82, 2.24) is 10.2 Å². The zero-order valence-corrected chi connectivity index (χ0v) is 14.2. The molecule has 1 aliphatic rings. The largest absolute Gasteiger partial charge is 0.342 e. The Hall–Kier alpha value is -1.36. The molecule has 1 fully saturated rings. The molecule has 2 atom stereocenters. The van der Waals surface area contributed by atoms with Gasteiger partial charge in [0.15, 0.2) is 0 Å². The van der Waals surface area contributed by atoms with Crippen molar-refractivity contribution < 1.29 is 9.59 Å². The zero-order valence-electron chi connectivity index (χ0n) is 12.6. The van der Waals surface area contributed by atoms with E-state index in [1.165, 1.54) is 0 Å². The van der Waals surface area contributed by atoms with Crippen molar-refractivity contribution in [2.45, 2.75) is 51.7 Å². The van der Waals surface area contributed by atoms with Gasteiger partial charge in [0.05, 0.1) is 0 Å². The van der Waals surface area contributed by atoms with Crippen molar-refractivity contribution in [3.8, 4) is 0 Å². The minimum Gasteiger partial charge on any atom is -0.342 e. The molecule has 4 nitrogen and oxygen atoms in total. The molecule has 0 aromatic heterocycles. The fourth-order valence-corrected chi connectivity index (χ4v) is 3.02. The number of piperazine rings is 1. The Morgan fingerprint density at radius 3 is 2.52 bits per heavy atom. The summed E-state index contributed by atoms with van der Waals surface area (Å²) in [4.78, 5) is 26.8. The Kier molecular flexibility index (Phi) is 4.71. The van der Waals surface area contributed by atoms with Gasteiger partial charge in [-0.25, -0.2) is 0 Å². The van der Waals surface area contributed by atoms with E-state index in [0.29, 0.717) is 19.4 Å². The number of nitrogens with one attached hydrogen (secondary N) is 1. The van der Waals surface area contributed by atoms with Crippen LogP contribution in [-0.2, 0) is 16.1 Å². The van der Waals surface area contributed by atoms with Crippen LogP contribution in [0.25, 0.3) is 0 Å². The maximum Gasteiger partial charge on any atom is 0.246 e. The molecular weight excluding hydrogens is 332 g/mol. The number of amides is 2. The molecule has 1 N–H and O–H groups in total. The molecule has 1 saturated heterocycles. The Morgan fingerprint density at radius 1 is 1.29 bits per heavy atom. The third-order valence-electron chi connectivity index (χ3n) is 4.34. The van der Waals surface area contributed by atoms with E-state index in [2.05, 4.69) is 21.2 Å². The van der Waals surface area contributed by atoms with E-state index in [9.17, 15) is 9.59 Å². The molecule has 0 spiro atoms. The molecule has 0 bridgehead atoms. The summed E-state index contributed by atoms with van der Waals surface area (Å²) in [6.07, 6.45) is 1.20. The van der Waals surface area contributed by atoms with Gasteiger partial charge in [0.25, 0.3) is 0 Å². The van der Waals surface area contributed by atoms with Gasteiger partial charge < -0.3 is 10.2 Å². The van der Waals surface area contributed by atoms with Gasteiger partial charge in [-0.1, -0.05) is 48.0 Å². The highest BCUT2D eigenvalue weighted by atomic mass is 79.9. The fourth-order valence-electron chi connectivity index (χ4n) is 2.61. The molecule has 0 aliphatic carbocycles. The van der Waals surface area contributed by atoms with Gasteiger partial charge in [0, 0.05) is 11.0 Å². The Morgan fingerprint density at radius 2 is 1.95 bits per heavy atom. The standard InChI is InChI=1S/C16H21BrN2O2/c1-4-13-14(20)19(16(3,5-2)15(21)18-13)10-11-8-6-7-9-12(11)17/h6-9,13H,4-5,10H2,1-3H3,(H,18,21). The fraction of sp³-hybridized carbons (Fsp3) is 0.500. The van der Waals surface area contributed by atoms with Crippen LogP contribution >= 0.6 is 15.9 Å². The third-order valence-corrected chi connectivity index (χ3v) is 5.11. The normalized spacial score (nSPS) is 25.9. The summed E-state index contributed by atoms with van der Waals surface area (Å²) in [7, 11) is 0. The molecule has 1 aromatic carbocycles. The lowest BCUT2D eigenvalue weighted by Crippen LogP contribution is -2.68. The van der Waals surface area contributed by atoms with Crippen LogP contribution in [-0.4, -0.2) is 28.3 Å². The molecule has 1 aliphatic heterocycles. The number of rotatable bonds is 4. The highest BCUT2D eigenvalue weighted by Crippen LogP contribution is 2.29. The smallest absolute Gasteiger partial charge is 0.246 e. The number of nitrogens with zero attached hydrogens (tertiary/aromatic N) is 1. The highest BCUT2D eigenvalue weighted by molar-refractivity contribution is 9.10. The minimum atomic E-state index is -0.794. The zero-order chi connectivity index (χ0) is 15.6. The second kappa shape index (κ2) is 6.18. The molecule has 5 heteroatoms. The van der Waals surface area contributed by atoms with Gasteiger partial charge in [-0.05, 0) is 31.4 Å². The predicted molar refractivity (Wildman–Crippen MR) is 85.6 cm³/mol. The van der Waals surface area contributed by atoms with E-state index in [4.69, 9.17) is 0 Å². The van der Waals surface area contributed by atoms with Crippen LogP contribution in [0.3, 0.4) is 0 Å². The van der Waals surface area contributed by atoms with Crippen molar-refractivity contribution in [2.75, 3.05) is 0 Å². The highest BCUT2D eigenvalue weighted by Gasteiger charge is 2.47. The molecule has 2 amide bonds. The van der Waals surface area contributed by atoms with Gasteiger partial charge in [-0.3, -0.25) is 9.59 Å². The summed E-state index contributed by atoms with van der Waals surface area (Å²) in [5.41, 5.74) is 0.216. The SMILES string of the molecule is CCC1NC(=O)C(C)(CC)N(Cc2ccccc2Br)C1=O. The minimum absolute atomic E-state index is 0.00259. The van der Waals surface area contributed by atoms with E-state index in [1.807, 2.05) is 45.0 Å². The Labute approximate surface area is 134 Å². The van der Waals surface area contributed by atoms with Crippen molar-refractivity contribution in [2.24, 2.45) is 0 Å². The first-order valence-electron chi connectivity index (χ1n) is 7.29. The number of benzene rings is 1. The molecule has 2 unspecified atom stereocenters. The summed E-state index contributed by atoms with van der Waals surface area (Å²) in [6, 6.07) is 7.38. The van der Waals surface area contributed by atoms with Crippen LogP contribution in [0.2, 0.25) is 0 Å². The summed E-state index contributed by atoms with van der Waals surface area (Å²) in [5, 5.41) is 2.85. The molecule has 0 radical (unpaired) electrons. The van der Waals surface area contributed by atoms with Gasteiger partial charge in [0.1, 0.15) is 11.6 Å². The second-order valence-electron chi connectivity index (χ2n) is 5.58. The Bertz CT molecular complexity index is 561. The average molecular weight is 353 g/mol. The van der Waals surface area contributed by atoms with E-state index in [-0.39, 0.29) is 11.8 Å². The van der Waals surface area contributed by atoms with Gasteiger partial charge in [-0.2, -0.15) is 0 Å². The number of hydrogen-bond donors (Lipinski definition) is 1. The van der Waals surface area contributed by atoms with E-state index < -0.39 is 11.6 Å². The topological polar surface area (TPSA) is 49.4 Å². The number of halogens is 1. The lowest BCUT2D eigenvalue weighted by Gasteiger charge is -2.46. The summed E-state index contributed by atoms with van der Waals surface area (Å²) < 4.78 is 0.954. The lowest BCUT2D eigenvalue weighted by molar-refractivity contribution is -0.157. The van der Waals surface area contributed by atoms with Crippen molar-refractivity contribution in [3.05, 3.63) is 34.3 Å². The first-order chi connectivity index (χ1) is 9.93. The van der Waals surface area contributed by atoms with E-state index in [1.54, 1.807) is 4.90 Å². The summed E-state index contributed by atoms with van der Waals surface area (Å²) in [5.74, 6) is -0.0688. The first kappa shape index (κ1) is 16.0. The Balaban J connectivity index is 2.37. The molecule has 1 aromatic rings. The molecule has 2 rings (SSSR count). The number of hydrogen-bond acceptors (Lipinski definition) is 2. The van der Waals surface area contributed by atoms with Gasteiger partial charge >= 0.3 is 0 Å². The van der Waals surface area contributed by atoms with Gasteiger partial charge in [0.2, 0.25) is 11.8 Å². The average Bonchev–Trinajstić information content (AvgIpc) is 2.49. The summed E-state index contributed by atoms with van der Waals surface area (Å²) in [6.45, 7) is 6.12. The van der Waals surface area contributed by atoms with Crippen LogP contribution in [0.5, 0.6) is 0 Å². The maximum absolute atomic E-state index is 12.7. The van der Waals surface area contributed by atoms with Crippen LogP contribution < -0.4 is 5.32 Å². The predicted octanol–water partition coefficient (Wildman–Crippen LogP) is 2.85. The molecule has 114 valence electrons. The molecule has 1 heterocycles. The second-order valence-corrected chi connectivity index (χ2v) is 6.43. The van der Waals surface area contributed by atoms with Crippen LogP contribution in [0.1, 0.15) is 39.2 Å². The first-order valence-corrected chi connectivity index (χ1v) is 8.09. The van der Waals surface area contributed by atoms with E-state index in [0.717, 1.165) is 10.0 Å². The summed E-state index contributed by atoms with van der Waals surface area (Å²) >= 11 is 3.51. The maximum atomic E-state index is 12.7. The lowest BCUT2D eigenvalue weighted by atomic mass is 9.89. The molecule has 0 saturated carbocycles. The van der Waals surface area contributed by atoms with Crippen LogP contribution in [0.15, 0.2) is 28.7 Å². The van der Waals surface area contributed by atoms with Crippen molar-refractivity contribution in [1.29, 1.82) is 0 Å². The molecular formula is C16H21BrN2O2. The van der Waals surface area contributed by atoms with Gasteiger partial charge in [-0.15, -0.1) is 0 Å². The van der Waals surface area contributed by atoms with Crippen molar-refractivity contribution in [3.63, 3.8) is 0 Å². The number of carbonyl (C=O) groups excluding carboxylic acids is 2. The van der Waals surface area contributed by atoms with Crippen LogP contribution in [0, 0.1) is 0 Å². The quantitative estimate of drug-likeness (QED) is 0.905. The number of carbonyl (C=O) groups is 2. The monoisotopic (exact) mass is 352 g/mol. The molecule has 21 heavy (non-hydrogen) atoms.